The summed E-state index contributed by atoms with van der Waals surface area (Å²) in [5.41, 5.74) is 3.19. The first-order valence-electron chi connectivity index (χ1n) is 5.06. The molecule has 0 amide bonds. The van der Waals surface area contributed by atoms with Gasteiger partial charge in [0.15, 0.2) is 0 Å². The van der Waals surface area contributed by atoms with Crippen molar-refractivity contribution in [3.8, 4) is 0 Å². The Morgan fingerprint density at radius 2 is 2.18 bits per heavy atom. The molecule has 0 saturated heterocycles. The summed E-state index contributed by atoms with van der Waals surface area (Å²) in [5.74, 6) is 5.89. The van der Waals surface area contributed by atoms with Crippen molar-refractivity contribution in [2.24, 2.45) is 5.84 Å². The van der Waals surface area contributed by atoms with Gasteiger partial charge in [0.05, 0.1) is 0 Å². The van der Waals surface area contributed by atoms with Crippen LogP contribution in [0.3, 0.4) is 0 Å². The smallest absolute Gasteiger partial charge is 0.239 e. The molecular formula is C11H12FN5. The van der Waals surface area contributed by atoms with Crippen LogP contribution < -0.4 is 16.6 Å². The van der Waals surface area contributed by atoms with E-state index in [2.05, 4.69) is 20.7 Å². The van der Waals surface area contributed by atoms with Gasteiger partial charge in [0.1, 0.15) is 11.6 Å². The molecule has 1 aromatic carbocycles. The topological polar surface area (TPSA) is 75.9 Å². The Hall–Kier alpha value is -2.21. The van der Waals surface area contributed by atoms with Gasteiger partial charge in [-0.25, -0.2) is 15.2 Å². The maximum atomic E-state index is 12.9. The summed E-state index contributed by atoms with van der Waals surface area (Å²) in [4.78, 5) is 7.96. The Bertz CT molecular complexity index is 503. The number of nitrogens with zero attached hydrogens (tertiary/aromatic N) is 2. The number of nitrogens with one attached hydrogen (secondary N) is 2. The number of hydrogen-bond donors (Lipinski definition) is 3. The summed E-state index contributed by atoms with van der Waals surface area (Å²) in [6.07, 6.45) is 1.58. The molecule has 0 radical (unpaired) electrons. The van der Waals surface area contributed by atoms with Gasteiger partial charge in [-0.05, 0) is 23.8 Å². The molecule has 0 saturated carbocycles. The lowest BCUT2D eigenvalue weighted by Gasteiger charge is -2.06. The largest absolute Gasteiger partial charge is 0.366 e. The molecule has 2 aromatic rings. The van der Waals surface area contributed by atoms with Crippen molar-refractivity contribution in [2.75, 3.05) is 10.7 Å². The molecule has 0 aliphatic heterocycles. The van der Waals surface area contributed by atoms with E-state index in [0.717, 1.165) is 5.56 Å². The van der Waals surface area contributed by atoms with Gasteiger partial charge in [0.2, 0.25) is 5.95 Å². The summed E-state index contributed by atoms with van der Waals surface area (Å²) in [6, 6.07) is 8.08. The normalized spacial score (nSPS) is 10.0. The van der Waals surface area contributed by atoms with Crippen LogP contribution in [0.25, 0.3) is 0 Å². The van der Waals surface area contributed by atoms with Crippen molar-refractivity contribution in [2.45, 2.75) is 6.54 Å². The molecule has 0 atom stereocenters. The van der Waals surface area contributed by atoms with Crippen molar-refractivity contribution in [3.05, 3.63) is 47.9 Å². The molecule has 0 bridgehead atoms. The highest BCUT2D eigenvalue weighted by Crippen LogP contribution is 2.08. The number of nitrogens with two attached hydrogens (primary N) is 1. The van der Waals surface area contributed by atoms with Crippen LogP contribution in [0.1, 0.15) is 5.56 Å². The van der Waals surface area contributed by atoms with E-state index in [1.807, 2.05) is 6.07 Å². The average molecular weight is 233 g/mol. The van der Waals surface area contributed by atoms with Gasteiger partial charge in [0.25, 0.3) is 0 Å². The Kier molecular flexibility index (Phi) is 3.46. The van der Waals surface area contributed by atoms with E-state index < -0.39 is 0 Å². The van der Waals surface area contributed by atoms with Crippen molar-refractivity contribution in [1.29, 1.82) is 0 Å². The number of anilines is 2. The highest BCUT2D eigenvalue weighted by Gasteiger charge is 1.98. The number of nitrogen functional groups attached to an aromatic ring is 1. The molecule has 0 aliphatic rings. The fraction of sp³-hybridized carbons (Fsp3) is 0.0909. The van der Waals surface area contributed by atoms with E-state index in [0.29, 0.717) is 18.3 Å². The molecule has 0 unspecified atom stereocenters. The van der Waals surface area contributed by atoms with E-state index in [-0.39, 0.29) is 5.82 Å². The molecule has 0 fully saturated rings. The van der Waals surface area contributed by atoms with Crippen molar-refractivity contribution in [1.82, 2.24) is 9.97 Å². The van der Waals surface area contributed by atoms with Crippen molar-refractivity contribution < 1.29 is 4.39 Å². The van der Waals surface area contributed by atoms with Gasteiger partial charge >= 0.3 is 0 Å². The third-order valence-corrected chi connectivity index (χ3v) is 2.15. The quantitative estimate of drug-likeness (QED) is 0.551. The van der Waals surface area contributed by atoms with Crippen LogP contribution in [0.4, 0.5) is 16.2 Å². The second-order valence-electron chi connectivity index (χ2n) is 3.39. The van der Waals surface area contributed by atoms with Crippen LogP contribution in [0.5, 0.6) is 0 Å². The van der Waals surface area contributed by atoms with Gasteiger partial charge in [-0.15, -0.1) is 0 Å². The maximum absolute atomic E-state index is 12.9. The molecular weight excluding hydrogens is 221 g/mol. The lowest BCUT2D eigenvalue weighted by Crippen LogP contribution is -2.11. The van der Waals surface area contributed by atoms with Crippen LogP contribution >= 0.6 is 0 Å². The lowest BCUT2D eigenvalue weighted by molar-refractivity contribution is 0.626. The zero-order valence-corrected chi connectivity index (χ0v) is 9.02. The molecule has 4 N–H and O–H groups in total. The van der Waals surface area contributed by atoms with Gasteiger partial charge in [-0.3, -0.25) is 5.43 Å². The second-order valence-corrected chi connectivity index (χ2v) is 3.39. The number of hydrazine groups is 1. The maximum Gasteiger partial charge on any atom is 0.239 e. The fourth-order valence-corrected chi connectivity index (χ4v) is 1.37. The standard InChI is InChI=1S/C11H12FN5/c12-9-3-1-2-8(6-9)7-15-10-4-5-14-11(16-10)17-13/h1-6H,7,13H2,(H2,14,15,16,17). The Morgan fingerprint density at radius 3 is 2.94 bits per heavy atom. The molecule has 1 aromatic heterocycles. The van der Waals surface area contributed by atoms with Crippen LogP contribution in [0.15, 0.2) is 36.5 Å². The molecule has 6 heteroatoms. The molecule has 5 nitrogen and oxygen atoms in total. The predicted molar refractivity (Wildman–Crippen MR) is 63.6 cm³/mol. The van der Waals surface area contributed by atoms with E-state index in [1.165, 1.54) is 12.1 Å². The third kappa shape index (κ3) is 3.12. The molecule has 0 spiro atoms. The first-order valence-corrected chi connectivity index (χ1v) is 5.06. The van der Waals surface area contributed by atoms with Crippen LogP contribution in [0, 0.1) is 5.82 Å². The predicted octanol–water partition coefficient (Wildman–Crippen LogP) is 1.51. The Labute approximate surface area is 97.9 Å². The third-order valence-electron chi connectivity index (χ3n) is 2.15. The van der Waals surface area contributed by atoms with Crippen molar-refractivity contribution >= 4 is 11.8 Å². The molecule has 0 aliphatic carbocycles. The summed E-state index contributed by atoms with van der Waals surface area (Å²) >= 11 is 0. The molecule has 1 heterocycles. The van der Waals surface area contributed by atoms with Gasteiger partial charge in [0, 0.05) is 12.7 Å². The Morgan fingerprint density at radius 1 is 1.29 bits per heavy atom. The first kappa shape index (κ1) is 11.3. The molecule has 88 valence electrons. The fourth-order valence-electron chi connectivity index (χ4n) is 1.37. The Balaban J connectivity index is 2.02. The molecule has 17 heavy (non-hydrogen) atoms. The lowest BCUT2D eigenvalue weighted by atomic mass is 10.2. The van der Waals surface area contributed by atoms with Gasteiger partial charge < -0.3 is 5.32 Å². The van der Waals surface area contributed by atoms with Gasteiger partial charge in [-0.1, -0.05) is 12.1 Å². The van der Waals surface area contributed by atoms with Crippen LogP contribution in [0.2, 0.25) is 0 Å². The SMILES string of the molecule is NNc1nccc(NCc2cccc(F)c2)n1. The molecule has 2 rings (SSSR count). The zero-order valence-electron chi connectivity index (χ0n) is 9.02. The summed E-state index contributed by atoms with van der Waals surface area (Å²) in [7, 11) is 0. The van der Waals surface area contributed by atoms with Crippen LogP contribution in [-0.2, 0) is 6.54 Å². The second kappa shape index (κ2) is 5.22. The number of hydrogen-bond acceptors (Lipinski definition) is 5. The minimum Gasteiger partial charge on any atom is -0.366 e. The summed E-state index contributed by atoms with van der Waals surface area (Å²) in [6.45, 7) is 0.485. The number of halogens is 1. The highest BCUT2D eigenvalue weighted by atomic mass is 19.1. The zero-order chi connectivity index (χ0) is 12.1. The van der Waals surface area contributed by atoms with E-state index in [4.69, 9.17) is 5.84 Å². The highest BCUT2D eigenvalue weighted by molar-refractivity contribution is 5.39. The van der Waals surface area contributed by atoms with Gasteiger partial charge in [-0.2, -0.15) is 4.98 Å². The van der Waals surface area contributed by atoms with Crippen LogP contribution in [-0.4, -0.2) is 9.97 Å². The minimum atomic E-state index is -0.253. The first-order chi connectivity index (χ1) is 8.28. The minimum absolute atomic E-state index is 0.253. The average Bonchev–Trinajstić information content (AvgIpc) is 2.37. The summed E-state index contributed by atoms with van der Waals surface area (Å²) in [5, 5.41) is 3.05. The van der Waals surface area contributed by atoms with E-state index in [1.54, 1.807) is 18.3 Å². The number of benzene rings is 1. The van der Waals surface area contributed by atoms with E-state index in [9.17, 15) is 4.39 Å². The number of aromatic nitrogens is 2. The summed E-state index contributed by atoms with van der Waals surface area (Å²) < 4.78 is 12.9. The monoisotopic (exact) mass is 233 g/mol. The number of rotatable bonds is 4. The van der Waals surface area contributed by atoms with E-state index >= 15 is 0 Å². The van der Waals surface area contributed by atoms with Crippen molar-refractivity contribution in [3.63, 3.8) is 0 Å².